The number of hydrogen-bond donors (Lipinski definition) is 1. The average molecular weight is 307 g/mol. The number of nitrogens with one attached hydrogen (secondary N) is 1. The first kappa shape index (κ1) is 15.2. The van der Waals surface area contributed by atoms with Crippen molar-refractivity contribution in [1.82, 2.24) is 4.98 Å². The molecule has 0 aliphatic carbocycles. The monoisotopic (exact) mass is 307 g/mol. The lowest BCUT2D eigenvalue weighted by molar-refractivity contribution is -0.384. The zero-order valence-corrected chi connectivity index (χ0v) is 12.6. The predicted molar refractivity (Wildman–Crippen MR) is 83.2 cm³/mol. The molecule has 112 valence electrons. The topological polar surface area (TPSA) is 77.3 Å². The zero-order valence-electron chi connectivity index (χ0n) is 11.7. The van der Waals surface area contributed by atoms with Gasteiger partial charge in [0.25, 0.3) is 5.69 Å². The molecular weight excluding hydrogens is 290 g/mol. The minimum atomic E-state index is -0.412. The van der Waals surface area contributed by atoms with Gasteiger partial charge in [0.05, 0.1) is 28.8 Å². The van der Waals surface area contributed by atoms with Crippen LogP contribution in [0.3, 0.4) is 0 Å². The van der Waals surface area contributed by atoms with Crippen LogP contribution in [0.4, 0.5) is 11.4 Å². The Morgan fingerprint density at radius 3 is 2.95 bits per heavy atom. The van der Waals surface area contributed by atoms with Crippen molar-refractivity contribution >= 4 is 22.7 Å². The van der Waals surface area contributed by atoms with Crippen molar-refractivity contribution in [3.63, 3.8) is 0 Å². The fourth-order valence-electron chi connectivity index (χ4n) is 1.79. The Hall–Kier alpha value is -2.15. The van der Waals surface area contributed by atoms with Crippen LogP contribution >= 0.6 is 11.3 Å². The molecule has 0 saturated heterocycles. The van der Waals surface area contributed by atoms with Gasteiger partial charge in [-0.05, 0) is 6.42 Å². The van der Waals surface area contributed by atoms with E-state index in [1.165, 1.54) is 12.1 Å². The average Bonchev–Trinajstić information content (AvgIpc) is 2.98. The summed E-state index contributed by atoms with van der Waals surface area (Å²) in [6.45, 7) is 3.20. The van der Waals surface area contributed by atoms with Crippen LogP contribution in [0.2, 0.25) is 0 Å². The van der Waals surface area contributed by atoms with Gasteiger partial charge in [-0.1, -0.05) is 6.92 Å². The smallest absolute Gasteiger partial charge is 0.275 e. The van der Waals surface area contributed by atoms with Gasteiger partial charge in [-0.3, -0.25) is 10.1 Å². The molecule has 0 saturated carbocycles. The van der Waals surface area contributed by atoms with E-state index < -0.39 is 4.92 Å². The Morgan fingerprint density at radius 2 is 2.29 bits per heavy atom. The molecule has 2 aromatic rings. The van der Waals surface area contributed by atoms with Gasteiger partial charge in [-0.2, -0.15) is 0 Å². The zero-order chi connectivity index (χ0) is 15.1. The molecule has 0 unspecified atom stereocenters. The number of nitrogens with zero attached hydrogens (tertiary/aromatic N) is 2. The molecule has 0 bridgehead atoms. The third kappa shape index (κ3) is 4.71. The quantitative estimate of drug-likeness (QED) is 0.596. The van der Waals surface area contributed by atoms with Gasteiger partial charge in [0.1, 0.15) is 5.75 Å². The molecule has 0 radical (unpaired) electrons. The van der Waals surface area contributed by atoms with Crippen LogP contribution in [0.25, 0.3) is 0 Å². The molecule has 0 amide bonds. The summed E-state index contributed by atoms with van der Waals surface area (Å²) >= 11 is 1.56. The summed E-state index contributed by atoms with van der Waals surface area (Å²) in [5, 5.41) is 16.1. The third-order valence-corrected chi connectivity index (χ3v) is 3.40. The van der Waals surface area contributed by atoms with E-state index in [1.54, 1.807) is 22.9 Å². The third-order valence-electron chi connectivity index (χ3n) is 2.77. The summed E-state index contributed by atoms with van der Waals surface area (Å²) in [7, 11) is 0. The van der Waals surface area contributed by atoms with Crippen molar-refractivity contribution < 1.29 is 9.66 Å². The van der Waals surface area contributed by atoms with Gasteiger partial charge in [0.2, 0.25) is 0 Å². The number of nitro groups is 1. The Labute approximate surface area is 126 Å². The first-order valence-electron chi connectivity index (χ1n) is 6.72. The minimum absolute atomic E-state index is 0.0276. The van der Waals surface area contributed by atoms with Crippen molar-refractivity contribution in [3.8, 4) is 5.75 Å². The summed E-state index contributed by atoms with van der Waals surface area (Å²) in [6, 6.07) is 4.74. The highest BCUT2D eigenvalue weighted by Crippen LogP contribution is 2.26. The number of non-ortho nitro benzene ring substituents is 1. The first-order valence-corrected chi connectivity index (χ1v) is 7.66. The van der Waals surface area contributed by atoms with E-state index in [0.717, 1.165) is 18.5 Å². The number of nitro benzene ring substituents is 1. The van der Waals surface area contributed by atoms with Crippen LogP contribution in [-0.2, 0) is 6.42 Å². The maximum absolute atomic E-state index is 11.0. The van der Waals surface area contributed by atoms with Crippen molar-refractivity contribution in [3.05, 3.63) is 44.9 Å². The normalized spacial score (nSPS) is 10.3. The molecule has 0 atom stereocenters. The Bertz CT molecular complexity index is 587. The van der Waals surface area contributed by atoms with Gasteiger partial charge in [0, 0.05) is 36.2 Å². The van der Waals surface area contributed by atoms with Crippen LogP contribution in [-0.4, -0.2) is 23.1 Å². The molecule has 0 fully saturated rings. The van der Waals surface area contributed by atoms with E-state index in [4.69, 9.17) is 4.74 Å². The maximum Gasteiger partial charge on any atom is 0.275 e. The largest absolute Gasteiger partial charge is 0.493 e. The maximum atomic E-state index is 11.0. The SMILES string of the molecule is CCCOc1cc(NCCc2cscn2)cc([N+](=O)[O-])c1. The second-order valence-corrected chi connectivity index (χ2v) is 5.20. The lowest BCUT2D eigenvalue weighted by atomic mass is 10.2. The van der Waals surface area contributed by atoms with Crippen LogP contribution in [0, 0.1) is 10.1 Å². The van der Waals surface area contributed by atoms with Crippen LogP contribution in [0.15, 0.2) is 29.1 Å². The number of aromatic nitrogens is 1. The Morgan fingerprint density at radius 1 is 1.43 bits per heavy atom. The van der Waals surface area contributed by atoms with Gasteiger partial charge < -0.3 is 10.1 Å². The second-order valence-electron chi connectivity index (χ2n) is 4.48. The summed E-state index contributed by atoms with van der Waals surface area (Å²) in [5.41, 5.74) is 3.52. The number of thiazole rings is 1. The van der Waals surface area contributed by atoms with E-state index >= 15 is 0 Å². The van der Waals surface area contributed by atoms with Crippen molar-refractivity contribution in [2.45, 2.75) is 19.8 Å². The molecule has 0 aliphatic rings. The highest BCUT2D eigenvalue weighted by Gasteiger charge is 2.10. The summed E-state index contributed by atoms with van der Waals surface area (Å²) < 4.78 is 5.48. The van der Waals surface area contributed by atoms with Crippen molar-refractivity contribution in [2.75, 3.05) is 18.5 Å². The highest BCUT2D eigenvalue weighted by molar-refractivity contribution is 7.07. The van der Waals surface area contributed by atoms with Crippen molar-refractivity contribution in [2.24, 2.45) is 0 Å². The molecule has 0 spiro atoms. The number of ether oxygens (including phenoxy) is 1. The second kappa shape index (κ2) is 7.58. The molecule has 1 heterocycles. The highest BCUT2D eigenvalue weighted by atomic mass is 32.1. The summed E-state index contributed by atoms with van der Waals surface area (Å²) in [6.07, 6.45) is 1.63. The molecular formula is C14H17N3O3S. The van der Waals surface area contributed by atoms with Crippen LogP contribution in [0.1, 0.15) is 19.0 Å². The molecule has 21 heavy (non-hydrogen) atoms. The lowest BCUT2D eigenvalue weighted by Crippen LogP contribution is -2.06. The standard InChI is InChI=1S/C14H17N3O3S/c1-2-5-20-14-7-12(6-13(8-14)17(18)19)15-4-3-11-9-21-10-16-11/h6-10,15H,2-5H2,1H3. The van der Waals surface area contributed by atoms with Gasteiger partial charge in [0.15, 0.2) is 0 Å². The lowest BCUT2D eigenvalue weighted by Gasteiger charge is -2.09. The van der Waals surface area contributed by atoms with Gasteiger partial charge in [-0.25, -0.2) is 4.98 Å². The minimum Gasteiger partial charge on any atom is -0.493 e. The van der Waals surface area contributed by atoms with E-state index in [1.807, 2.05) is 12.3 Å². The summed E-state index contributed by atoms with van der Waals surface area (Å²) in [4.78, 5) is 14.7. The number of anilines is 1. The number of benzene rings is 1. The van der Waals surface area contributed by atoms with Crippen LogP contribution < -0.4 is 10.1 Å². The molecule has 2 rings (SSSR count). The fourth-order valence-corrected chi connectivity index (χ4v) is 2.38. The molecule has 1 N–H and O–H groups in total. The van der Waals surface area contributed by atoms with Crippen LogP contribution in [0.5, 0.6) is 5.75 Å². The molecule has 1 aromatic carbocycles. The molecule has 7 heteroatoms. The molecule has 6 nitrogen and oxygen atoms in total. The fraction of sp³-hybridized carbons (Fsp3) is 0.357. The predicted octanol–water partition coefficient (Wildman–Crippen LogP) is 3.49. The number of hydrogen-bond acceptors (Lipinski definition) is 6. The Balaban J connectivity index is 2.02. The number of rotatable bonds is 8. The van der Waals surface area contributed by atoms with Crippen molar-refractivity contribution in [1.29, 1.82) is 0 Å². The van der Waals surface area contributed by atoms with Gasteiger partial charge >= 0.3 is 0 Å². The molecule has 1 aromatic heterocycles. The van der Waals surface area contributed by atoms with E-state index in [-0.39, 0.29) is 5.69 Å². The van der Waals surface area contributed by atoms with E-state index in [2.05, 4.69) is 10.3 Å². The molecule has 0 aliphatic heterocycles. The van der Waals surface area contributed by atoms with E-state index in [9.17, 15) is 10.1 Å². The van der Waals surface area contributed by atoms with Gasteiger partial charge in [-0.15, -0.1) is 11.3 Å². The Kier molecular flexibility index (Phi) is 5.51. The summed E-state index contributed by atoms with van der Waals surface area (Å²) in [5.74, 6) is 0.516. The first-order chi connectivity index (χ1) is 10.2. The van der Waals surface area contributed by atoms with E-state index in [0.29, 0.717) is 24.6 Å².